The molecule has 0 aromatic rings. The standard InChI is InChI=1S/C8H16N2O3/c1-3-6(9)8(13)10-5(2)4-7(11)12/h5-6H,3-4,9H2,1-2H3,(H,10,13)(H,11,12)/t5?,6-/m1/s1. The highest BCUT2D eigenvalue weighted by Crippen LogP contribution is 1.93. The summed E-state index contributed by atoms with van der Waals surface area (Å²) < 4.78 is 0. The Hall–Kier alpha value is -1.10. The molecule has 0 heterocycles. The van der Waals surface area contributed by atoms with Gasteiger partial charge in [0, 0.05) is 6.04 Å². The number of amides is 1. The molecule has 13 heavy (non-hydrogen) atoms. The van der Waals surface area contributed by atoms with Gasteiger partial charge in [-0.15, -0.1) is 0 Å². The maximum absolute atomic E-state index is 11.1. The first-order chi connectivity index (χ1) is 5.97. The van der Waals surface area contributed by atoms with Gasteiger partial charge in [-0.2, -0.15) is 0 Å². The van der Waals surface area contributed by atoms with E-state index in [-0.39, 0.29) is 18.4 Å². The molecule has 0 radical (unpaired) electrons. The van der Waals surface area contributed by atoms with Crippen molar-refractivity contribution in [1.29, 1.82) is 0 Å². The Balaban J connectivity index is 3.84. The van der Waals surface area contributed by atoms with Crippen LogP contribution in [0.25, 0.3) is 0 Å². The van der Waals surface area contributed by atoms with Crippen molar-refractivity contribution in [1.82, 2.24) is 5.32 Å². The van der Waals surface area contributed by atoms with Crippen LogP contribution in [0.5, 0.6) is 0 Å². The quantitative estimate of drug-likeness (QED) is 0.552. The van der Waals surface area contributed by atoms with Crippen molar-refractivity contribution in [3.63, 3.8) is 0 Å². The van der Waals surface area contributed by atoms with E-state index in [2.05, 4.69) is 5.32 Å². The maximum Gasteiger partial charge on any atom is 0.305 e. The Labute approximate surface area is 77.3 Å². The fourth-order valence-corrected chi connectivity index (χ4v) is 0.848. The molecule has 2 atom stereocenters. The van der Waals surface area contributed by atoms with Gasteiger partial charge in [0.2, 0.25) is 5.91 Å². The molecule has 0 saturated heterocycles. The van der Waals surface area contributed by atoms with Gasteiger partial charge in [0.05, 0.1) is 12.5 Å². The lowest BCUT2D eigenvalue weighted by atomic mass is 10.2. The summed E-state index contributed by atoms with van der Waals surface area (Å²) >= 11 is 0. The highest BCUT2D eigenvalue weighted by Gasteiger charge is 2.15. The van der Waals surface area contributed by atoms with Crippen molar-refractivity contribution in [3.05, 3.63) is 0 Å². The lowest BCUT2D eigenvalue weighted by Gasteiger charge is -2.14. The lowest BCUT2D eigenvalue weighted by Crippen LogP contribution is -2.44. The van der Waals surface area contributed by atoms with Crippen LogP contribution < -0.4 is 11.1 Å². The third-order valence-corrected chi connectivity index (χ3v) is 1.65. The number of aliphatic carboxylic acids is 1. The van der Waals surface area contributed by atoms with Crippen molar-refractivity contribution >= 4 is 11.9 Å². The van der Waals surface area contributed by atoms with E-state index < -0.39 is 12.0 Å². The summed E-state index contributed by atoms with van der Waals surface area (Å²) in [6.45, 7) is 3.43. The highest BCUT2D eigenvalue weighted by atomic mass is 16.4. The van der Waals surface area contributed by atoms with Crippen LogP contribution in [0.2, 0.25) is 0 Å². The zero-order valence-electron chi connectivity index (χ0n) is 7.91. The van der Waals surface area contributed by atoms with Crippen LogP contribution in [-0.4, -0.2) is 29.1 Å². The molecule has 0 aliphatic heterocycles. The second-order valence-electron chi connectivity index (χ2n) is 3.02. The largest absolute Gasteiger partial charge is 0.481 e. The zero-order chi connectivity index (χ0) is 10.4. The van der Waals surface area contributed by atoms with Gasteiger partial charge in [0.15, 0.2) is 0 Å². The molecule has 0 spiro atoms. The Morgan fingerprint density at radius 1 is 1.54 bits per heavy atom. The van der Waals surface area contributed by atoms with Crippen LogP contribution in [0.1, 0.15) is 26.7 Å². The second kappa shape index (κ2) is 5.53. The molecule has 4 N–H and O–H groups in total. The fourth-order valence-electron chi connectivity index (χ4n) is 0.848. The number of carbonyl (C=O) groups excluding carboxylic acids is 1. The molecule has 0 fully saturated rings. The minimum Gasteiger partial charge on any atom is -0.481 e. The van der Waals surface area contributed by atoms with Gasteiger partial charge in [-0.3, -0.25) is 9.59 Å². The predicted molar refractivity (Wildman–Crippen MR) is 48.1 cm³/mol. The average molecular weight is 188 g/mol. The summed E-state index contributed by atoms with van der Waals surface area (Å²) in [5.74, 6) is -1.23. The molecular formula is C8H16N2O3. The minimum atomic E-state index is -0.933. The Morgan fingerprint density at radius 3 is 2.46 bits per heavy atom. The summed E-state index contributed by atoms with van der Waals surface area (Å²) in [6.07, 6.45) is 0.466. The first-order valence-electron chi connectivity index (χ1n) is 4.25. The summed E-state index contributed by atoms with van der Waals surface area (Å²) in [5, 5.41) is 10.9. The molecule has 0 aliphatic carbocycles. The number of nitrogens with two attached hydrogens (primary N) is 1. The molecule has 76 valence electrons. The van der Waals surface area contributed by atoms with E-state index >= 15 is 0 Å². The summed E-state index contributed by atoms with van der Waals surface area (Å²) in [5.41, 5.74) is 5.44. The molecule has 5 heteroatoms. The fraction of sp³-hybridized carbons (Fsp3) is 0.750. The Kier molecular flexibility index (Phi) is 5.06. The van der Waals surface area contributed by atoms with Gasteiger partial charge in [-0.1, -0.05) is 6.92 Å². The summed E-state index contributed by atoms with van der Waals surface area (Å²) in [4.78, 5) is 21.4. The van der Waals surface area contributed by atoms with Crippen LogP contribution in [0.4, 0.5) is 0 Å². The van der Waals surface area contributed by atoms with Gasteiger partial charge in [-0.05, 0) is 13.3 Å². The van der Waals surface area contributed by atoms with Gasteiger partial charge in [-0.25, -0.2) is 0 Å². The van der Waals surface area contributed by atoms with E-state index in [1.54, 1.807) is 13.8 Å². The molecule has 0 rings (SSSR count). The van der Waals surface area contributed by atoms with E-state index in [0.717, 1.165) is 0 Å². The van der Waals surface area contributed by atoms with Crippen LogP contribution in [-0.2, 0) is 9.59 Å². The van der Waals surface area contributed by atoms with E-state index in [4.69, 9.17) is 10.8 Å². The molecule has 1 unspecified atom stereocenters. The first-order valence-corrected chi connectivity index (χ1v) is 4.25. The van der Waals surface area contributed by atoms with Gasteiger partial charge < -0.3 is 16.2 Å². The van der Waals surface area contributed by atoms with Crippen molar-refractivity contribution in [2.45, 2.75) is 38.8 Å². The third-order valence-electron chi connectivity index (χ3n) is 1.65. The van der Waals surface area contributed by atoms with Crippen molar-refractivity contribution in [3.8, 4) is 0 Å². The number of nitrogens with one attached hydrogen (secondary N) is 1. The average Bonchev–Trinajstić information content (AvgIpc) is 2.01. The number of rotatable bonds is 5. The zero-order valence-corrected chi connectivity index (χ0v) is 7.91. The second-order valence-corrected chi connectivity index (χ2v) is 3.02. The topological polar surface area (TPSA) is 92.4 Å². The molecule has 1 amide bonds. The number of hydrogen-bond acceptors (Lipinski definition) is 3. The van der Waals surface area contributed by atoms with Crippen LogP contribution >= 0.6 is 0 Å². The Morgan fingerprint density at radius 2 is 2.08 bits per heavy atom. The molecule has 0 aromatic heterocycles. The maximum atomic E-state index is 11.1. The van der Waals surface area contributed by atoms with Crippen molar-refractivity contribution < 1.29 is 14.7 Å². The summed E-state index contributed by atoms with van der Waals surface area (Å²) in [6, 6.07) is -0.918. The predicted octanol–water partition coefficient (Wildman–Crippen LogP) is -0.297. The first kappa shape index (κ1) is 11.9. The SMILES string of the molecule is CC[C@@H](N)C(=O)NC(C)CC(=O)O. The molecule has 0 bridgehead atoms. The Bertz CT molecular complexity index is 194. The molecule has 0 aromatic carbocycles. The number of hydrogen-bond donors (Lipinski definition) is 3. The van der Waals surface area contributed by atoms with Gasteiger partial charge in [0.25, 0.3) is 0 Å². The van der Waals surface area contributed by atoms with Gasteiger partial charge in [0.1, 0.15) is 0 Å². The van der Waals surface area contributed by atoms with E-state index in [1.807, 2.05) is 0 Å². The normalized spacial score (nSPS) is 14.7. The number of carboxylic acids is 1. The minimum absolute atomic E-state index is 0.0812. The van der Waals surface area contributed by atoms with Crippen molar-refractivity contribution in [2.24, 2.45) is 5.73 Å². The van der Waals surface area contributed by atoms with Crippen LogP contribution in [0.3, 0.4) is 0 Å². The summed E-state index contributed by atoms with van der Waals surface area (Å²) in [7, 11) is 0. The smallest absolute Gasteiger partial charge is 0.305 e. The number of carboxylic acid groups (broad SMARTS) is 1. The third kappa shape index (κ3) is 5.19. The monoisotopic (exact) mass is 188 g/mol. The van der Waals surface area contributed by atoms with E-state index in [0.29, 0.717) is 6.42 Å². The lowest BCUT2D eigenvalue weighted by molar-refractivity contribution is -0.137. The molecule has 0 aliphatic rings. The van der Waals surface area contributed by atoms with Gasteiger partial charge >= 0.3 is 5.97 Å². The van der Waals surface area contributed by atoms with Crippen LogP contribution in [0.15, 0.2) is 0 Å². The van der Waals surface area contributed by atoms with E-state index in [9.17, 15) is 9.59 Å². The number of carbonyl (C=O) groups is 2. The van der Waals surface area contributed by atoms with Crippen molar-refractivity contribution in [2.75, 3.05) is 0 Å². The molecule has 5 nitrogen and oxygen atoms in total. The highest BCUT2D eigenvalue weighted by molar-refractivity contribution is 5.82. The molecule has 0 saturated carbocycles. The van der Waals surface area contributed by atoms with Crippen LogP contribution in [0, 0.1) is 0 Å². The van der Waals surface area contributed by atoms with E-state index in [1.165, 1.54) is 0 Å². The molecular weight excluding hydrogens is 172 g/mol.